The van der Waals surface area contributed by atoms with Crippen LogP contribution < -0.4 is 5.32 Å². The van der Waals surface area contributed by atoms with Crippen LogP contribution in [-0.4, -0.2) is 44.9 Å². The van der Waals surface area contributed by atoms with E-state index in [2.05, 4.69) is 17.4 Å². The molecule has 0 aromatic heterocycles. The van der Waals surface area contributed by atoms with E-state index in [4.69, 9.17) is 4.74 Å². The quantitative estimate of drug-likeness (QED) is 0.540. The van der Waals surface area contributed by atoms with Gasteiger partial charge in [0, 0.05) is 24.9 Å². The van der Waals surface area contributed by atoms with Crippen molar-refractivity contribution < 1.29 is 17.9 Å². The molecule has 0 radical (unpaired) electrons. The molecule has 33 heavy (non-hydrogen) atoms. The van der Waals surface area contributed by atoms with E-state index in [-0.39, 0.29) is 10.8 Å². The third-order valence-electron chi connectivity index (χ3n) is 5.43. The maximum Gasteiger partial charge on any atom is 0.248 e. The molecular weight excluding hydrogens is 436 g/mol. The number of nitrogens with one attached hydrogen (secondary N) is 1. The number of rotatable bonds is 7. The highest BCUT2D eigenvalue weighted by Crippen LogP contribution is 2.20. The third-order valence-corrected chi connectivity index (χ3v) is 7.34. The zero-order valence-corrected chi connectivity index (χ0v) is 19.0. The number of anilines is 1. The summed E-state index contributed by atoms with van der Waals surface area (Å²) >= 11 is 0. The Kier molecular flexibility index (Phi) is 7.34. The molecule has 3 aromatic carbocycles. The molecule has 1 heterocycles. The lowest BCUT2D eigenvalue weighted by atomic mass is 10.0. The second kappa shape index (κ2) is 10.6. The first-order valence-electron chi connectivity index (χ1n) is 10.8. The van der Waals surface area contributed by atoms with Crippen LogP contribution in [0.3, 0.4) is 0 Å². The number of hydrogen-bond acceptors (Lipinski definition) is 4. The van der Waals surface area contributed by atoms with E-state index in [0.29, 0.717) is 26.3 Å². The van der Waals surface area contributed by atoms with Crippen LogP contribution in [0.4, 0.5) is 5.69 Å². The first kappa shape index (κ1) is 22.9. The fraction of sp³-hybridized carbons (Fsp3) is 0.192. The highest BCUT2D eigenvalue weighted by molar-refractivity contribution is 7.89. The van der Waals surface area contributed by atoms with E-state index in [1.54, 1.807) is 30.3 Å². The molecule has 0 aliphatic carbocycles. The third kappa shape index (κ3) is 5.96. The Bertz CT molecular complexity index is 1220. The number of hydrogen-bond donors (Lipinski definition) is 1. The van der Waals surface area contributed by atoms with Gasteiger partial charge in [-0.1, -0.05) is 60.7 Å². The number of ether oxygens (including phenoxy) is 1. The van der Waals surface area contributed by atoms with Crippen molar-refractivity contribution in [2.24, 2.45) is 0 Å². The Hall–Kier alpha value is -3.26. The van der Waals surface area contributed by atoms with Gasteiger partial charge in [0.15, 0.2) is 0 Å². The van der Waals surface area contributed by atoms with Crippen LogP contribution in [-0.2, 0) is 26.0 Å². The number of benzene rings is 3. The summed E-state index contributed by atoms with van der Waals surface area (Å²) in [6.07, 6.45) is 3.84. The molecule has 1 aliphatic rings. The van der Waals surface area contributed by atoms with Gasteiger partial charge in [0.2, 0.25) is 15.9 Å². The topological polar surface area (TPSA) is 75.7 Å². The van der Waals surface area contributed by atoms with Crippen LogP contribution >= 0.6 is 0 Å². The van der Waals surface area contributed by atoms with Crippen molar-refractivity contribution in [2.75, 3.05) is 31.6 Å². The van der Waals surface area contributed by atoms with Gasteiger partial charge in [-0.2, -0.15) is 4.31 Å². The number of carbonyl (C=O) groups is 1. The molecule has 3 aromatic rings. The molecule has 1 N–H and O–H groups in total. The molecule has 4 rings (SSSR count). The lowest BCUT2D eigenvalue weighted by Gasteiger charge is -2.26. The monoisotopic (exact) mass is 462 g/mol. The summed E-state index contributed by atoms with van der Waals surface area (Å²) in [7, 11) is -3.53. The minimum Gasteiger partial charge on any atom is -0.379 e. The number of morpholine rings is 1. The van der Waals surface area contributed by atoms with Crippen LogP contribution in [0.2, 0.25) is 0 Å². The SMILES string of the molecule is O=C(/C=C/c1ccc(S(=O)(=O)N2CCOCC2)cc1)Nc1ccccc1Cc1ccccc1. The Labute approximate surface area is 194 Å². The van der Waals surface area contributed by atoms with E-state index in [0.717, 1.165) is 23.2 Å². The van der Waals surface area contributed by atoms with Gasteiger partial charge in [-0.05, 0) is 47.4 Å². The van der Waals surface area contributed by atoms with Gasteiger partial charge in [0.05, 0.1) is 18.1 Å². The predicted octanol–water partition coefficient (Wildman–Crippen LogP) is 3.95. The molecular formula is C26H26N2O4S. The van der Waals surface area contributed by atoms with Crippen molar-refractivity contribution in [3.8, 4) is 0 Å². The number of carbonyl (C=O) groups excluding carboxylic acids is 1. The second-order valence-electron chi connectivity index (χ2n) is 7.73. The lowest BCUT2D eigenvalue weighted by Crippen LogP contribution is -2.40. The normalized spacial score (nSPS) is 14.9. The predicted molar refractivity (Wildman–Crippen MR) is 129 cm³/mol. The van der Waals surface area contributed by atoms with E-state index >= 15 is 0 Å². The average molecular weight is 463 g/mol. The van der Waals surface area contributed by atoms with Gasteiger partial charge < -0.3 is 10.1 Å². The standard InChI is InChI=1S/C26H26N2O4S/c29-26(27-25-9-5-4-8-23(25)20-22-6-2-1-3-7-22)15-12-21-10-13-24(14-11-21)33(30,31)28-16-18-32-19-17-28/h1-15H,16-20H2,(H,27,29)/b15-12+. The van der Waals surface area contributed by atoms with Gasteiger partial charge in [0.25, 0.3) is 0 Å². The second-order valence-corrected chi connectivity index (χ2v) is 9.67. The maximum absolute atomic E-state index is 12.7. The highest BCUT2D eigenvalue weighted by atomic mass is 32.2. The minimum atomic E-state index is -3.53. The molecule has 6 nitrogen and oxygen atoms in total. The van der Waals surface area contributed by atoms with Crippen molar-refractivity contribution >= 4 is 27.7 Å². The van der Waals surface area contributed by atoms with Crippen molar-refractivity contribution in [1.29, 1.82) is 0 Å². The molecule has 0 saturated carbocycles. The Morgan fingerprint density at radius 3 is 2.30 bits per heavy atom. The van der Waals surface area contributed by atoms with E-state index < -0.39 is 10.0 Å². The van der Waals surface area contributed by atoms with Crippen LogP contribution in [0, 0.1) is 0 Å². The van der Waals surface area contributed by atoms with E-state index in [1.165, 1.54) is 15.9 Å². The van der Waals surface area contributed by atoms with E-state index in [9.17, 15) is 13.2 Å². The molecule has 170 valence electrons. The van der Waals surface area contributed by atoms with Crippen molar-refractivity contribution in [3.63, 3.8) is 0 Å². The van der Waals surface area contributed by atoms with Gasteiger partial charge in [-0.3, -0.25) is 4.79 Å². The number of sulfonamides is 1. The Balaban J connectivity index is 1.40. The Morgan fingerprint density at radius 2 is 1.58 bits per heavy atom. The fourth-order valence-corrected chi connectivity index (χ4v) is 5.05. The fourth-order valence-electron chi connectivity index (χ4n) is 3.65. The average Bonchev–Trinajstić information content (AvgIpc) is 2.85. The highest BCUT2D eigenvalue weighted by Gasteiger charge is 2.25. The molecule has 1 saturated heterocycles. The van der Waals surface area contributed by atoms with Crippen molar-refractivity contribution in [3.05, 3.63) is 102 Å². The van der Waals surface area contributed by atoms with Gasteiger partial charge in [-0.15, -0.1) is 0 Å². The number of amides is 1. The largest absolute Gasteiger partial charge is 0.379 e. The first-order chi connectivity index (χ1) is 16.0. The van der Waals surface area contributed by atoms with Gasteiger partial charge >= 0.3 is 0 Å². The summed E-state index contributed by atoms with van der Waals surface area (Å²) in [6.45, 7) is 1.53. The van der Waals surface area contributed by atoms with Crippen LogP contribution in [0.5, 0.6) is 0 Å². The smallest absolute Gasteiger partial charge is 0.248 e. The molecule has 1 aliphatic heterocycles. The molecule has 0 bridgehead atoms. The summed E-state index contributed by atoms with van der Waals surface area (Å²) in [5.41, 5.74) is 3.71. The van der Waals surface area contributed by atoms with Crippen molar-refractivity contribution in [2.45, 2.75) is 11.3 Å². The molecule has 1 amide bonds. The molecule has 7 heteroatoms. The maximum atomic E-state index is 12.7. The molecule has 0 spiro atoms. The van der Waals surface area contributed by atoms with Crippen LogP contribution in [0.25, 0.3) is 6.08 Å². The van der Waals surface area contributed by atoms with Gasteiger partial charge in [0.1, 0.15) is 0 Å². The Morgan fingerprint density at radius 1 is 0.909 bits per heavy atom. The summed E-state index contributed by atoms with van der Waals surface area (Å²) in [5.74, 6) is -0.250. The lowest BCUT2D eigenvalue weighted by molar-refractivity contribution is -0.111. The summed E-state index contributed by atoms with van der Waals surface area (Å²) in [4.78, 5) is 12.7. The number of nitrogens with zero attached hydrogens (tertiary/aromatic N) is 1. The minimum absolute atomic E-state index is 0.237. The van der Waals surface area contributed by atoms with Gasteiger partial charge in [-0.25, -0.2) is 8.42 Å². The summed E-state index contributed by atoms with van der Waals surface area (Å²) in [5, 5.41) is 2.94. The first-order valence-corrected chi connectivity index (χ1v) is 12.3. The van der Waals surface area contributed by atoms with E-state index in [1.807, 2.05) is 42.5 Å². The summed E-state index contributed by atoms with van der Waals surface area (Å²) in [6, 6.07) is 24.3. The zero-order valence-electron chi connectivity index (χ0n) is 18.2. The molecule has 0 unspecified atom stereocenters. The summed E-state index contributed by atoms with van der Waals surface area (Å²) < 4.78 is 32.1. The van der Waals surface area contributed by atoms with Crippen LogP contribution in [0.15, 0.2) is 89.8 Å². The van der Waals surface area contributed by atoms with Crippen molar-refractivity contribution in [1.82, 2.24) is 4.31 Å². The molecule has 1 fully saturated rings. The number of para-hydroxylation sites is 1. The van der Waals surface area contributed by atoms with Crippen LogP contribution in [0.1, 0.15) is 16.7 Å². The molecule has 0 atom stereocenters. The zero-order chi connectivity index (χ0) is 23.1.